The minimum atomic E-state index is 0.862. The monoisotopic (exact) mass is 692 g/mol. The van der Waals surface area contributed by atoms with Crippen LogP contribution in [0.4, 0.5) is 0 Å². The van der Waals surface area contributed by atoms with E-state index in [9.17, 15) is 0 Å². The van der Waals surface area contributed by atoms with Crippen molar-refractivity contribution in [3.8, 4) is 89.5 Å². The molecule has 0 bridgehead atoms. The van der Waals surface area contributed by atoms with Crippen molar-refractivity contribution in [1.82, 2.24) is 29.9 Å². The van der Waals surface area contributed by atoms with Crippen LogP contribution in [0, 0.1) is 0 Å². The van der Waals surface area contributed by atoms with E-state index in [1.165, 1.54) is 0 Å². The molecule has 254 valence electrons. The molecule has 6 heterocycles. The lowest BCUT2D eigenvalue weighted by molar-refractivity contribution is 1.26. The maximum absolute atomic E-state index is 4.74. The Bertz CT molecular complexity index is 2510. The summed E-state index contributed by atoms with van der Waals surface area (Å²) in [7, 11) is 0. The van der Waals surface area contributed by atoms with Crippen LogP contribution >= 0.6 is 0 Å². The van der Waals surface area contributed by atoms with Gasteiger partial charge in [-0.05, 0) is 106 Å². The van der Waals surface area contributed by atoms with Gasteiger partial charge >= 0.3 is 0 Å². The molecule has 0 amide bonds. The summed E-state index contributed by atoms with van der Waals surface area (Å²) in [5, 5.41) is 0. The Morgan fingerprint density at radius 3 is 1.07 bits per heavy atom. The van der Waals surface area contributed by atoms with Gasteiger partial charge in [-0.2, -0.15) is 0 Å². The predicted octanol–water partition coefficient (Wildman–Crippen LogP) is 11.4. The van der Waals surface area contributed by atoms with Gasteiger partial charge in [-0.1, -0.05) is 72.8 Å². The molecular weight excluding hydrogens is 661 g/mol. The van der Waals surface area contributed by atoms with E-state index in [4.69, 9.17) is 9.97 Å². The Labute approximate surface area is 313 Å². The van der Waals surface area contributed by atoms with E-state index in [1.54, 1.807) is 12.4 Å². The van der Waals surface area contributed by atoms with Crippen molar-refractivity contribution < 1.29 is 0 Å². The normalized spacial score (nSPS) is 11.0. The average Bonchev–Trinajstić information content (AvgIpc) is 3.27. The van der Waals surface area contributed by atoms with Gasteiger partial charge in [-0.25, -0.2) is 0 Å². The zero-order valence-corrected chi connectivity index (χ0v) is 29.2. The number of benzene rings is 3. The summed E-state index contributed by atoms with van der Waals surface area (Å²) < 4.78 is 0. The van der Waals surface area contributed by atoms with Crippen LogP contribution in [0.1, 0.15) is 0 Å². The second-order valence-corrected chi connectivity index (χ2v) is 12.9. The van der Waals surface area contributed by atoms with Crippen molar-refractivity contribution in [1.29, 1.82) is 0 Å². The van der Waals surface area contributed by atoms with E-state index >= 15 is 0 Å². The molecule has 6 heteroatoms. The van der Waals surface area contributed by atoms with Gasteiger partial charge < -0.3 is 0 Å². The summed E-state index contributed by atoms with van der Waals surface area (Å²) in [5.74, 6) is 0. The van der Waals surface area contributed by atoms with Crippen LogP contribution in [0.3, 0.4) is 0 Å². The molecule has 0 aliphatic heterocycles. The molecule has 54 heavy (non-hydrogen) atoms. The van der Waals surface area contributed by atoms with Crippen LogP contribution in [0.5, 0.6) is 0 Å². The molecule has 0 N–H and O–H groups in total. The summed E-state index contributed by atoms with van der Waals surface area (Å²) >= 11 is 0. The van der Waals surface area contributed by atoms with E-state index in [0.717, 1.165) is 89.5 Å². The van der Waals surface area contributed by atoms with Crippen molar-refractivity contribution in [2.24, 2.45) is 0 Å². The topological polar surface area (TPSA) is 77.3 Å². The Morgan fingerprint density at radius 2 is 0.648 bits per heavy atom. The molecule has 9 rings (SSSR count). The van der Waals surface area contributed by atoms with E-state index in [-0.39, 0.29) is 0 Å². The van der Waals surface area contributed by atoms with Gasteiger partial charge in [0.05, 0.1) is 22.8 Å². The van der Waals surface area contributed by atoms with Crippen molar-refractivity contribution in [2.75, 3.05) is 0 Å². The Morgan fingerprint density at radius 1 is 0.241 bits per heavy atom. The first-order valence-corrected chi connectivity index (χ1v) is 17.7. The molecule has 3 aromatic carbocycles. The van der Waals surface area contributed by atoms with E-state index in [1.807, 2.05) is 85.7 Å². The molecule has 0 atom stereocenters. The predicted molar refractivity (Wildman–Crippen MR) is 217 cm³/mol. The van der Waals surface area contributed by atoms with Crippen molar-refractivity contribution >= 4 is 0 Å². The average molecular weight is 693 g/mol. The van der Waals surface area contributed by atoms with Crippen molar-refractivity contribution in [3.05, 3.63) is 195 Å². The minimum absolute atomic E-state index is 0.862. The maximum Gasteiger partial charge on any atom is 0.0718 e. The summed E-state index contributed by atoms with van der Waals surface area (Å²) in [6.07, 6.45) is 14.9. The zero-order chi connectivity index (χ0) is 36.1. The SMILES string of the molecule is c1ccc(-c2ccc(-c3cncc(-c4cccc(-c5ccccc5-c5cccc(-c6cncc(-c7ccc(-c8ccccn8)cn7)c6)c5)c4)c3)nc2)nc1. The largest absolute Gasteiger partial charge is 0.263 e. The summed E-state index contributed by atoms with van der Waals surface area (Å²) in [5.41, 5.74) is 16.2. The fourth-order valence-corrected chi connectivity index (χ4v) is 6.69. The summed E-state index contributed by atoms with van der Waals surface area (Å²) in [6, 6.07) is 50.1. The molecule has 0 aliphatic carbocycles. The van der Waals surface area contributed by atoms with E-state index < -0.39 is 0 Å². The van der Waals surface area contributed by atoms with Crippen LogP contribution in [-0.2, 0) is 0 Å². The number of hydrogen-bond donors (Lipinski definition) is 0. The summed E-state index contributed by atoms with van der Waals surface area (Å²) in [6.45, 7) is 0. The van der Waals surface area contributed by atoms with Crippen LogP contribution < -0.4 is 0 Å². The van der Waals surface area contributed by atoms with Crippen LogP contribution in [0.25, 0.3) is 89.5 Å². The molecular formula is C48H32N6. The van der Waals surface area contributed by atoms with Crippen molar-refractivity contribution in [2.45, 2.75) is 0 Å². The highest BCUT2D eigenvalue weighted by Crippen LogP contribution is 2.37. The van der Waals surface area contributed by atoms with Gasteiger partial charge in [0.1, 0.15) is 0 Å². The smallest absolute Gasteiger partial charge is 0.0718 e. The Balaban J connectivity index is 0.993. The second kappa shape index (κ2) is 14.7. The Hall–Kier alpha value is -7.44. The van der Waals surface area contributed by atoms with Gasteiger partial charge in [0.25, 0.3) is 0 Å². The first-order valence-electron chi connectivity index (χ1n) is 17.7. The number of nitrogens with zero attached hydrogens (tertiary/aromatic N) is 6. The fourth-order valence-electron chi connectivity index (χ4n) is 6.69. The van der Waals surface area contributed by atoms with Gasteiger partial charge in [0, 0.05) is 83.0 Å². The molecule has 0 fully saturated rings. The van der Waals surface area contributed by atoms with E-state index in [0.29, 0.717) is 0 Å². The van der Waals surface area contributed by atoms with E-state index in [2.05, 4.69) is 117 Å². The first-order chi connectivity index (χ1) is 26.7. The number of aromatic nitrogens is 6. The molecule has 0 radical (unpaired) electrons. The lowest BCUT2D eigenvalue weighted by atomic mass is 9.91. The van der Waals surface area contributed by atoms with Gasteiger partial charge in [0.15, 0.2) is 0 Å². The lowest BCUT2D eigenvalue weighted by Crippen LogP contribution is -1.90. The van der Waals surface area contributed by atoms with Gasteiger partial charge in [-0.15, -0.1) is 0 Å². The quantitative estimate of drug-likeness (QED) is 0.158. The standard InChI is InChI=1S/C48H32N6/c1-2-14-44(36-12-8-10-34(24-36)40-26-42(30-50-28-40)48-20-18-38(32-54-48)46-16-4-6-22-52-46)43(13-1)35-11-7-9-33(23-35)39-25-41(29-49-27-39)47-19-17-37(31-53-47)45-15-3-5-21-51-45/h1-32H. The Kier molecular flexibility index (Phi) is 8.81. The molecule has 9 aromatic rings. The molecule has 6 nitrogen and oxygen atoms in total. The minimum Gasteiger partial charge on any atom is -0.263 e. The highest BCUT2D eigenvalue weighted by atomic mass is 14.7. The molecule has 0 saturated heterocycles. The van der Waals surface area contributed by atoms with Gasteiger partial charge in [-0.3, -0.25) is 29.9 Å². The van der Waals surface area contributed by atoms with Crippen LogP contribution in [0.2, 0.25) is 0 Å². The molecule has 0 aliphatic rings. The fraction of sp³-hybridized carbons (Fsp3) is 0. The highest BCUT2D eigenvalue weighted by Gasteiger charge is 2.12. The summed E-state index contributed by atoms with van der Waals surface area (Å²) in [4.78, 5) is 27.6. The maximum atomic E-state index is 4.74. The zero-order valence-electron chi connectivity index (χ0n) is 29.2. The number of rotatable bonds is 8. The molecule has 6 aromatic heterocycles. The molecule has 0 spiro atoms. The number of hydrogen-bond acceptors (Lipinski definition) is 6. The third-order valence-electron chi connectivity index (χ3n) is 9.46. The van der Waals surface area contributed by atoms with Gasteiger partial charge in [0.2, 0.25) is 0 Å². The third kappa shape index (κ3) is 6.79. The molecule has 0 unspecified atom stereocenters. The van der Waals surface area contributed by atoms with Crippen LogP contribution in [-0.4, -0.2) is 29.9 Å². The third-order valence-corrected chi connectivity index (χ3v) is 9.46. The van der Waals surface area contributed by atoms with Crippen molar-refractivity contribution in [3.63, 3.8) is 0 Å². The first kappa shape index (κ1) is 32.5. The highest BCUT2D eigenvalue weighted by molar-refractivity contribution is 5.87. The number of pyridine rings is 6. The van der Waals surface area contributed by atoms with Crippen LogP contribution in [0.15, 0.2) is 195 Å². The second-order valence-electron chi connectivity index (χ2n) is 12.9. The molecule has 0 saturated carbocycles. The lowest BCUT2D eigenvalue weighted by Gasteiger charge is -2.13.